The standard InChI is InChI=1S/C15H23F3/c1-8-2-4-10-9(6-8)3-5-11-12(10)7-13(16)15(18)14(11)17/h8-15H,2-7H2,1H3. The Morgan fingerprint density at radius 3 is 2.22 bits per heavy atom. The molecule has 0 nitrogen and oxygen atoms in total. The summed E-state index contributed by atoms with van der Waals surface area (Å²) in [5, 5.41) is 0. The molecule has 3 aliphatic carbocycles. The maximum Gasteiger partial charge on any atom is 0.162 e. The summed E-state index contributed by atoms with van der Waals surface area (Å²) >= 11 is 0. The monoisotopic (exact) mass is 260 g/mol. The van der Waals surface area contributed by atoms with Gasteiger partial charge in [-0.05, 0) is 61.7 Å². The van der Waals surface area contributed by atoms with Gasteiger partial charge in [0, 0.05) is 0 Å². The van der Waals surface area contributed by atoms with Gasteiger partial charge in [0.15, 0.2) is 6.17 Å². The van der Waals surface area contributed by atoms with Crippen molar-refractivity contribution in [2.45, 2.75) is 64.0 Å². The van der Waals surface area contributed by atoms with Gasteiger partial charge in [-0.15, -0.1) is 0 Å². The predicted octanol–water partition coefficient (Wildman–Crippen LogP) is 4.48. The fraction of sp³-hybridized carbons (Fsp3) is 1.00. The molecule has 0 aromatic rings. The first-order chi connectivity index (χ1) is 8.58. The maximum absolute atomic E-state index is 14.0. The molecule has 0 saturated heterocycles. The van der Waals surface area contributed by atoms with Crippen LogP contribution in [0.3, 0.4) is 0 Å². The molecule has 0 N–H and O–H groups in total. The lowest BCUT2D eigenvalue weighted by Crippen LogP contribution is -2.51. The smallest absolute Gasteiger partial charge is 0.162 e. The molecule has 8 unspecified atom stereocenters. The van der Waals surface area contributed by atoms with E-state index in [1.54, 1.807) is 0 Å². The Hall–Kier alpha value is -0.210. The van der Waals surface area contributed by atoms with E-state index in [9.17, 15) is 13.2 Å². The molecule has 3 aliphatic rings. The second kappa shape index (κ2) is 4.72. The van der Waals surface area contributed by atoms with Crippen LogP contribution in [0.5, 0.6) is 0 Å². The zero-order valence-electron chi connectivity index (χ0n) is 11.0. The van der Waals surface area contributed by atoms with Crippen molar-refractivity contribution in [1.29, 1.82) is 0 Å². The summed E-state index contributed by atoms with van der Waals surface area (Å²) in [4.78, 5) is 0. The molecule has 3 heteroatoms. The number of fused-ring (bicyclic) bond motifs is 3. The van der Waals surface area contributed by atoms with Crippen molar-refractivity contribution in [2.75, 3.05) is 0 Å². The Bertz CT molecular complexity index is 306. The Morgan fingerprint density at radius 1 is 0.722 bits per heavy atom. The summed E-state index contributed by atoms with van der Waals surface area (Å²) in [5.74, 6) is 1.76. The molecule has 0 radical (unpaired) electrons. The Kier molecular flexibility index (Phi) is 3.36. The van der Waals surface area contributed by atoms with Crippen molar-refractivity contribution in [2.24, 2.45) is 29.6 Å². The van der Waals surface area contributed by atoms with E-state index < -0.39 is 18.5 Å². The average molecular weight is 260 g/mol. The van der Waals surface area contributed by atoms with Gasteiger partial charge >= 0.3 is 0 Å². The molecular weight excluding hydrogens is 237 g/mol. The highest BCUT2D eigenvalue weighted by molar-refractivity contribution is 5.00. The first-order valence-corrected chi connectivity index (χ1v) is 7.50. The van der Waals surface area contributed by atoms with Crippen LogP contribution in [0.2, 0.25) is 0 Å². The Balaban J connectivity index is 1.78. The summed E-state index contributed by atoms with van der Waals surface area (Å²) in [6, 6.07) is 0. The summed E-state index contributed by atoms with van der Waals surface area (Å²) in [7, 11) is 0. The predicted molar refractivity (Wildman–Crippen MR) is 65.5 cm³/mol. The van der Waals surface area contributed by atoms with Crippen LogP contribution in [0.1, 0.15) is 45.4 Å². The van der Waals surface area contributed by atoms with Crippen molar-refractivity contribution < 1.29 is 13.2 Å². The number of halogens is 3. The zero-order chi connectivity index (χ0) is 12.9. The molecule has 18 heavy (non-hydrogen) atoms. The van der Waals surface area contributed by atoms with Crippen LogP contribution in [-0.2, 0) is 0 Å². The molecule has 0 bridgehead atoms. The molecule has 8 atom stereocenters. The van der Waals surface area contributed by atoms with Gasteiger partial charge in [-0.1, -0.05) is 13.3 Å². The Labute approximate surface area is 107 Å². The molecule has 3 fully saturated rings. The van der Waals surface area contributed by atoms with E-state index in [-0.39, 0.29) is 18.3 Å². The fourth-order valence-electron chi connectivity index (χ4n) is 4.93. The molecule has 0 aromatic heterocycles. The normalized spacial score (nSPS) is 56.7. The fourth-order valence-corrected chi connectivity index (χ4v) is 4.93. The number of rotatable bonds is 0. The second-order valence-corrected chi connectivity index (χ2v) is 6.89. The zero-order valence-corrected chi connectivity index (χ0v) is 11.0. The molecule has 104 valence electrons. The highest BCUT2D eigenvalue weighted by Crippen LogP contribution is 2.53. The molecule has 3 saturated carbocycles. The van der Waals surface area contributed by atoms with Gasteiger partial charge in [-0.3, -0.25) is 0 Å². The lowest BCUT2D eigenvalue weighted by atomic mass is 9.56. The van der Waals surface area contributed by atoms with E-state index in [2.05, 4.69) is 6.92 Å². The highest BCUT2D eigenvalue weighted by atomic mass is 19.2. The average Bonchev–Trinajstić information content (AvgIpc) is 2.35. The van der Waals surface area contributed by atoms with Gasteiger partial charge in [0.1, 0.15) is 12.3 Å². The summed E-state index contributed by atoms with van der Waals surface area (Å²) in [6.07, 6.45) is 0.556. The topological polar surface area (TPSA) is 0 Å². The van der Waals surface area contributed by atoms with E-state index >= 15 is 0 Å². The largest absolute Gasteiger partial charge is 0.244 e. The maximum atomic E-state index is 14.0. The lowest BCUT2D eigenvalue weighted by molar-refractivity contribution is -0.0868. The third-order valence-electron chi connectivity index (χ3n) is 5.83. The van der Waals surface area contributed by atoms with Gasteiger partial charge in [-0.2, -0.15) is 0 Å². The quantitative estimate of drug-likeness (QED) is 0.602. The molecule has 0 amide bonds. The lowest BCUT2D eigenvalue weighted by Gasteiger charge is -2.51. The molecule has 0 aromatic carbocycles. The van der Waals surface area contributed by atoms with E-state index in [4.69, 9.17) is 0 Å². The van der Waals surface area contributed by atoms with Crippen LogP contribution in [0.4, 0.5) is 13.2 Å². The van der Waals surface area contributed by atoms with E-state index in [1.165, 1.54) is 12.8 Å². The number of hydrogen-bond donors (Lipinski definition) is 0. The van der Waals surface area contributed by atoms with Gasteiger partial charge in [0.2, 0.25) is 0 Å². The minimum atomic E-state index is -1.87. The first-order valence-electron chi connectivity index (χ1n) is 7.50. The van der Waals surface area contributed by atoms with Gasteiger partial charge < -0.3 is 0 Å². The van der Waals surface area contributed by atoms with E-state index in [1.807, 2.05) is 0 Å². The van der Waals surface area contributed by atoms with Crippen LogP contribution >= 0.6 is 0 Å². The molecular formula is C15H23F3. The number of alkyl halides is 3. The SMILES string of the molecule is CC1CCC2C(CCC3C(F)C(F)C(F)CC23)C1. The minimum Gasteiger partial charge on any atom is -0.244 e. The van der Waals surface area contributed by atoms with Crippen LogP contribution < -0.4 is 0 Å². The summed E-state index contributed by atoms with van der Waals surface area (Å²) in [6.45, 7) is 2.27. The first kappa shape index (κ1) is 12.8. The third-order valence-corrected chi connectivity index (χ3v) is 5.83. The summed E-state index contributed by atoms with van der Waals surface area (Å²) in [5.41, 5.74) is 0. The van der Waals surface area contributed by atoms with Gasteiger partial charge in [0.05, 0.1) is 0 Å². The Morgan fingerprint density at radius 2 is 1.44 bits per heavy atom. The van der Waals surface area contributed by atoms with Gasteiger partial charge in [0.25, 0.3) is 0 Å². The van der Waals surface area contributed by atoms with E-state index in [0.717, 1.165) is 25.2 Å². The van der Waals surface area contributed by atoms with Crippen molar-refractivity contribution in [3.63, 3.8) is 0 Å². The summed E-state index contributed by atoms with van der Waals surface area (Å²) < 4.78 is 41.1. The van der Waals surface area contributed by atoms with Crippen molar-refractivity contribution in [3.05, 3.63) is 0 Å². The second-order valence-electron chi connectivity index (χ2n) is 6.89. The van der Waals surface area contributed by atoms with Crippen molar-refractivity contribution in [3.8, 4) is 0 Å². The minimum absolute atomic E-state index is 0.105. The van der Waals surface area contributed by atoms with Crippen molar-refractivity contribution >= 4 is 0 Å². The molecule has 0 spiro atoms. The van der Waals surface area contributed by atoms with Gasteiger partial charge in [-0.25, -0.2) is 13.2 Å². The number of hydrogen-bond acceptors (Lipinski definition) is 0. The molecule has 0 aliphatic heterocycles. The van der Waals surface area contributed by atoms with Crippen LogP contribution in [0.15, 0.2) is 0 Å². The van der Waals surface area contributed by atoms with Crippen LogP contribution in [-0.4, -0.2) is 18.5 Å². The van der Waals surface area contributed by atoms with E-state index in [0.29, 0.717) is 11.8 Å². The third kappa shape index (κ3) is 1.98. The van der Waals surface area contributed by atoms with Crippen molar-refractivity contribution in [1.82, 2.24) is 0 Å². The van der Waals surface area contributed by atoms with Crippen LogP contribution in [0.25, 0.3) is 0 Å². The highest BCUT2D eigenvalue weighted by Gasteiger charge is 2.52. The molecule has 0 heterocycles. The molecule has 3 rings (SSSR count). The van der Waals surface area contributed by atoms with Crippen LogP contribution in [0, 0.1) is 29.6 Å².